The van der Waals surface area contributed by atoms with Crippen molar-refractivity contribution in [2.45, 2.75) is 40.5 Å². The van der Waals surface area contributed by atoms with Crippen LogP contribution < -0.4 is 10.6 Å². The quantitative estimate of drug-likeness (QED) is 0.788. The summed E-state index contributed by atoms with van der Waals surface area (Å²) in [6, 6.07) is 5.80. The molecule has 0 unspecified atom stereocenters. The lowest BCUT2D eigenvalue weighted by molar-refractivity contribution is 0.0946. The summed E-state index contributed by atoms with van der Waals surface area (Å²) in [5, 5.41) is 6.30. The predicted molar refractivity (Wildman–Crippen MR) is 81.7 cm³/mol. The zero-order valence-electron chi connectivity index (χ0n) is 12.5. The van der Waals surface area contributed by atoms with Crippen LogP contribution in [0.5, 0.6) is 0 Å². The number of hydrogen-bond donors (Lipinski definition) is 2. The molecular formula is C16H26N2O. The number of carbonyl (C=O) groups excluding carboxylic acids is 1. The third-order valence-electron chi connectivity index (χ3n) is 3.56. The smallest absolute Gasteiger partial charge is 0.251 e. The minimum Gasteiger partial charge on any atom is -0.385 e. The minimum atomic E-state index is 0.0260. The monoisotopic (exact) mass is 262 g/mol. The predicted octanol–water partition coefficient (Wildman–Crippen LogP) is 3.59. The van der Waals surface area contributed by atoms with Crippen LogP contribution in [0.25, 0.3) is 0 Å². The standard InChI is InChI=1S/C16H26N2O/c1-5-13(6-2)11-18-16(19)14-8-9-15(17-7-3)12(4)10-14/h8-10,13,17H,5-7,11H2,1-4H3,(H,18,19). The SMILES string of the molecule is CCNc1ccc(C(=O)NCC(CC)CC)cc1C. The summed E-state index contributed by atoms with van der Waals surface area (Å²) < 4.78 is 0. The molecule has 0 saturated carbocycles. The molecule has 0 bridgehead atoms. The van der Waals surface area contributed by atoms with Crippen LogP contribution in [-0.2, 0) is 0 Å². The molecule has 106 valence electrons. The molecule has 0 heterocycles. The van der Waals surface area contributed by atoms with Crippen LogP contribution in [0.1, 0.15) is 49.5 Å². The van der Waals surface area contributed by atoms with Crippen molar-refractivity contribution in [3.8, 4) is 0 Å². The van der Waals surface area contributed by atoms with E-state index in [1.165, 1.54) is 0 Å². The van der Waals surface area contributed by atoms with Crippen molar-refractivity contribution in [3.05, 3.63) is 29.3 Å². The Morgan fingerprint density at radius 3 is 2.42 bits per heavy atom. The summed E-state index contributed by atoms with van der Waals surface area (Å²) in [5.41, 5.74) is 2.95. The lowest BCUT2D eigenvalue weighted by Gasteiger charge is -2.14. The van der Waals surface area contributed by atoms with E-state index in [1.54, 1.807) is 0 Å². The molecule has 3 heteroatoms. The average Bonchev–Trinajstić information content (AvgIpc) is 2.42. The molecule has 1 rings (SSSR count). The van der Waals surface area contributed by atoms with E-state index in [0.29, 0.717) is 5.92 Å². The molecule has 0 aliphatic rings. The molecule has 0 aliphatic heterocycles. The Bertz CT molecular complexity index is 411. The van der Waals surface area contributed by atoms with E-state index in [4.69, 9.17) is 0 Å². The van der Waals surface area contributed by atoms with E-state index in [-0.39, 0.29) is 5.91 Å². The molecule has 19 heavy (non-hydrogen) atoms. The van der Waals surface area contributed by atoms with Gasteiger partial charge in [0, 0.05) is 24.3 Å². The van der Waals surface area contributed by atoms with Gasteiger partial charge >= 0.3 is 0 Å². The topological polar surface area (TPSA) is 41.1 Å². The Morgan fingerprint density at radius 1 is 1.21 bits per heavy atom. The Kier molecular flexibility index (Phi) is 6.40. The first-order valence-corrected chi connectivity index (χ1v) is 7.25. The second-order valence-corrected chi connectivity index (χ2v) is 4.95. The average molecular weight is 262 g/mol. The maximum absolute atomic E-state index is 12.1. The molecule has 1 amide bonds. The van der Waals surface area contributed by atoms with Crippen molar-refractivity contribution >= 4 is 11.6 Å². The fourth-order valence-corrected chi connectivity index (χ4v) is 2.11. The number of aryl methyl sites for hydroxylation is 1. The number of nitrogens with one attached hydrogen (secondary N) is 2. The van der Waals surface area contributed by atoms with Crippen molar-refractivity contribution in [2.24, 2.45) is 5.92 Å². The van der Waals surface area contributed by atoms with Gasteiger partial charge in [-0.1, -0.05) is 26.7 Å². The highest BCUT2D eigenvalue weighted by molar-refractivity contribution is 5.94. The highest BCUT2D eigenvalue weighted by atomic mass is 16.1. The van der Waals surface area contributed by atoms with E-state index < -0.39 is 0 Å². The van der Waals surface area contributed by atoms with Gasteiger partial charge in [0.05, 0.1) is 0 Å². The van der Waals surface area contributed by atoms with E-state index >= 15 is 0 Å². The first-order chi connectivity index (χ1) is 9.12. The second kappa shape index (κ2) is 7.82. The highest BCUT2D eigenvalue weighted by Gasteiger charge is 2.09. The van der Waals surface area contributed by atoms with Gasteiger partial charge in [0.1, 0.15) is 0 Å². The fourth-order valence-electron chi connectivity index (χ4n) is 2.11. The van der Waals surface area contributed by atoms with Crippen molar-refractivity contribution in [1.29, 1.82) is 0 Å². The highest BCUT2D eigenvalue weighted by Crippen LogP contribution is 2.16. The number of benzene rings is 1. The molecule has 2 N–H and O–H groups in total. The minimum absolute atomic E-state index is 0.0260. The Labute approximate surface area is 116 Å². The maximum atomic E-state index is 12.1. The van der Waals surface area contributed by atoms with Gasteiger partial charge in [-0.3, -0.25) is 4.79 Å². The number of carbonyl (C=O) groups is 1. The Hall–Kier alpha value is -1.51. The van der Waals surface area contributed by atoms with E-state index in [0.717, 1.165) is 42.7 Å². The first kappa shape index (κ1) is 15.5. The summed E-state index contributed by atoms with van der Waals surface area (Å²) in [6.07, 6.45) is 2.21. The van der Waals surface area contributed by atoms with Gasteiger partial charge in [-0.15, -0.1) is 0 Å². The molecule has 1 aromatic carbocycles. The van der Waals surface area contributed by atoms with Crippen molar-refractivity contribution in [3.63, 3.8) is 0 Å². The van der Waals surface area contributed by atoms with Crippen LogP contribution in [-0.4, -0.2) is 19.0 Å². The third kappa shape index (κ3) is 4.58. The molecule has 0 fully saturated rings. The summed E-state index contributed by atoms with van der Waals surface area (Å²) in [5.74, 6) is 0.601. The Balaban J connectivity index is 2.64. The number of hydrogen-bond acceptors (Lipinski definition) is 2. The molecule has 0 aliphatic carbocycles. The van der Waals surface area contributed by atoms with Gasteiger partial charge in [-0.25, -0.2) is 0 Å². The number of anilines is 1. The van der Waals surface area contributed by atoms with Gasteiger partial charge in [0.2, 0.25) is 0 Å². The normalized spacial score (nSPS) is 10.6. The number of amides is 1. The number of rotatable bonds is 7. The van der Waals surface area contributed by atoms with Crippen molar-refractivity contribution in [2.75, 3.05) is 18.4 Å². The van der Waals surface area contributed by atoms with E-state index in [1.807, 2.05) is 25.1 Å². The third-order valence-corrected chi connectivity index (χ3v) is 3.56. The second-order valence-electron chi connectivity index (χ2n) is 4.95. The maximum Gasteiger partial charge on any atom is 0.251 e. The summed E-state index contributed by atoms with van der Waals surface area (Å²) in [7, 11) is 0. The molecule has 1 aromatic rings. The zero-order chi connectivity index (χ0) is 14.3. The van der Waals surface area contributed by atoms with Gasteiger partial charge in [0.25, 0.3) is 5.91 Å². The first-order valence-electron chi connectivity index (χ1n) is 7.25. The van der Waals surface area contributed by atoms with Crippen LogP contribution in [0.15, 0.2) is 18.2 Å². The van der Waals surface area contributed by atoms with Crippen LogP contribution in [0.3, 0.4) is 0 Å². The van der Waals surface area contributed by atoms with E-state index in [9.17, 15) is 4.79 Å². The fraction of sp³-hybridized carbons (Fsp3) is 0.562. The van der Waals surface area contributed by atoms with Gasteiger partial charge in [-0.05, 0) is 43.5 Å². The summed E-state index contributed by atoms with van der Waals surface area (Å²) in [4.78, 5) is 12.1. The van der Waals surface area contributed by atoms with Crippen molar-refractivity contribution < 1.29 is 4.79 Å². The van der Waals surface area contributed by atoms with Crippen molar-refractivity contribution in [1.82, 2.24) is 5.32 Å². The van der Waals surface area contributed by atoms with E-state index in [2.05, 4.69) is 31.4 Å². The molecule has 0 spiro atoms. The summed E-state index contributed by atoms with van der Waals surface area (Å²) >= 11 is 0. The molecule has 3 nitrogen and oxygen atoms in total. The lowest BCUT2D eigenvalue weighted by Crippen LogP contribution is -2.29. The lowest BCUT2D eigenvalue weighted by atomic mass is 10.0. The molecular weight excluding hydrogens is 236 g/mol. The largest absolute Gasteiger partial charge is 0.385 e. The van der Waals surface area contributed by atoms with Crippen LogP contribution in [0.2, 0.25) is 0 Å². The molecule has 0 atom stereocenters. The van der Waals surface area contributed by atoms with Crippen LogP contribution >= 0.6 is 0 Å². The van der Waals surface area contributed by atoms with Crippen LogP contribution in [0.4, 0.5) is 5.69 Å². The van der Waals surface area contributed by atoms with Gasteiger partial charge in [-0.2, -0.15) is 0 Å². The Morgan fingerprint density at radius 2 is 1.89 bits per heavy atom. The zero-order valence-corrected chi connectivity index (χ0v) is 12.5. The van der Waals surface area contributed by atoms with Gasteiger partial charge < -0.3 is 10.6 Å². The van der Waals surface area contributed by atoms with Crippen LogP contribution in [0, 0.1) is 12.8 Å². The van der Waals surface area contributed by atoms with Gasteiger partial charge in [0.15, 0.2) is 0 Å². The molecule has 0 radical (unpaired) electrons. The molecule has 0 saturated heterocycles. The molecule has 0 aromatic heterocycles. The summed E-state index contributed by atoms with van der Waals surface area (Å²) in [6.45, 7) is 10.1.